The lowest BCUT2D eigenvalue weighted by atomic mass is 10.0. The predicted octanol–water partition coefficient (Wildman–Crippen LogP) is 1.02. The van der Waals surface area contributed by atoms with Crippen molar-refractivity contribution in [2.75, 3.05) is 26.2 Å². The van der Waals surface area contributed by atoms with E-state index in [2.05, 4.69) is 0 Å². The molecule has 0 aromatic carbocycles. The molecule has 0 spiro atoms. The molecule has 2 atom stereocenters. The molecule has 2 unspecified atom stereocenters. The van der Waals surface area contributed by atoms with Gasteiger partial charge in [0.15, 0.2) is 0 Å². The van der Waals surface area contributed by atoms with Crippen LogP contribution in [0.5, 0.6) is 0 Å². The van der Waals surface area contributed by atoms with E-state index < -0.39 is 0 Å². The fourth-order valence-corrected chi connectivity index (χ4v) is 3.01. The normalized spacial score (nSPS) is 26.1. The van der Waals surface area contributed by atoms with Crippen molar-refractivity contribution >= 4 is 11.8 Å². The molecule has 2 saturated heterocycles. The number of amides is 2. The Balaban J connectivity index is 2.05. The second-order valence-corrected chi connectivity index (χ2v) is 5.40. The van der Waals surface area contributed by atoms with Crippen molar-refractivity contribution in [2.45, 2.75) is 51.7 Å². The standard InChI is InChI=1S/C14H24N2O3/c1-3-19-11(2)10-15-9-7-13(17)16-8-5-4-6-12(16)14(15)18/h11-12H,3-10H2,1-2H3. The molecule has 5 heteroatoms. The van der Waals surface area contributed by atoms with Crippen LogP contribution in [0.25, 0.3) is 0 Å². The highest BCUT2D eigenvalue weighted by Crippen LogP contribution is 2.23. The van der Waals surface area contributed by atoms with E-state index in [9.17, 15) is 9.59 Å². The van der Waals surface area contributed by atoms with Crippen LogP contribution in [-0.4, -0.2) is 60.0 Å². The summed E-state index contributed by atoms with van der Waals surface area (Å²) in [4.78, 5) is 28.2. The lowest BCUT2D eigenvalue weighted by Crippen LogP contribution is -2.50. The number of piperidine rings is 1. The summed E-state index contributed by atoms with van der Waals surface area (Å²) in [6.07, 6.45) is 3.34. The van der Waals surface area contributed by atoms with Crippen molar-refractivity contribution in [3.8, 4) is 0 Å². The van der Waals surface area contributed by atoms with E-state index in [1.807, 2.05) is 18.7 Å². The molecule has 2 amide bonds. The number of hydrogen-bond acceptors (Lipinski definition) is 3. The van der Waals surface area contributed by atoms with Gasteiger partial charge < -0.3 is 14.5 Å². The zero-order valence-corrected chi connectivity index (χ0v) is 11.9. The summed E-state index contributed by atoms with van der Waals surface area (Å²) < 4.78 is 5.50. The summed E-state index contributed by atoms with van der Waals surface area (Å²) >= 11 is 0. The SMILES string of the molecule is CCOC(C)CN1CCC(=O)N2CCCCC2C1=O. The Morgan fingerprint density at radius 3 is 2.84 bits per heavy atom. The predicted molar refractivity (Wildman–Crippen MR) is 71.6 cm³/mol. The maximum Gasteiger partial charge on any atom is 0.245 e. The van der Waals surface area contributed by atoms with Crippen molar-refractivity contribution < 1.29 is 14.3 Å². The largest absolute Gasteiger partial charge is 0.377 e. The van der Waals surface area contributed by atoms with E-state index >= 15 is 0 Å². The van der Waals surface area contributed by atoms with Gasteiger partial charge in [-0.1, -0.05) is 0 Å². The molecule has 2 heterocycles. The number of rotatable bonds is 4. The molecule has 5 nitrogen and oxygen atoms in total. The van der Waals surface area contributed by atoms with Gasteiger partial charge in [-0.2, -0.15) is 0 Å². The Labute approximate surface area is 114 Å². The van der Waals surface area contributed by atoms with Crippen LogP contribution < -0.4 is 0 Å². The molecule has 0 radical (unpaired) electrons. The third-order valence-electron chi connectivity index (χ3n) is 3.94. The van der Waals surface area contributed by atoms with Gasteiger partial charge in [0, 0.05) is 32.7 Å². The highest BCUT2D eigenvalue weighted by Gasteiger charge is 2.37. The van der Waals surface area contributed by atoms with Crippen LogP contribution in [0.3, 0.4) is 0 Å². The van der Waals surface area contributed by atoms with E-state index in [1.54, 1.807) is 4.90 Å². The minimum Gasteiger partial charge on any atom is -0.377 e. The van der Waals surface area contributed by atoms with Gasteiger partial charge in [-0.15, -0.1) is 0 Å². The van der Waals surface area contributed by atoms with Crippen LogP contribution in [0.4, 0.5) is 0 Å². The smallest absolute Gasteiger partial charge is 0.245 e. The first-order valence-corrected chi connectivity index (χ1v) is 7.33. The van der Waals surface area contributed by atoms with Crippen LogP contribution in [-0.2, 0) is 14.3 Å². The molecular formula is C14H24N2O3. The highest BCUT2D eigenvalue weighted by molar-refractivity contribution is 5.90. The first kappa shape index (κ1) is 14.3. The van der Waals surface area contributed by atoms with E-state index in [4.69, 9.17) is 4.74 Å². The number of hydrogen-bond donors (Lipinski definition) is 0. The third-order valence-corrected chi connectivity index (χ3v) is 3.94. The number of carbonyl (C=O) groups is 2. The Hall–Kier alpha value is -1.10. The molecule has 0 aromatic heterocycles. The van der Waals surface area contributed by atoms with Crippen molar-refractivity contribution in [2.24, 2.45) is 0 Å². The molecule has 0 saturated carbocycles. The number of nitrogens with zero attached hydrogens (tertiary/aromatic N) is 2. The van der Waals surface area contributed by atoms with Crippen molar-refractivity contribution in [1.82, 2.24) is 9.80 Å². The van der Waals surface area contributed by atoms with Gasteiger partial charge in [-0.3, -0.25) is 9.59 Å². The van der Waals surface area contributed by atoms with E-state index in [0.29, 0.717) is 26.1 Å². The Bertz CT molecular complexity index is 346. The molecule has 2 rings (SSSR count). The van der Waals surface area contributed by atoms with Crippen LogP contribution in [0.1, 0.15) is 39.5 Å². The first-order valence-electron chi connectivity index (χ1n) is 7.33. The zero-order valence-electron chi connectivity index (χ0n) is 11.9. The molecular weight excluding hydrogens is 244 g/mol. The topological polar surface area (TPSA) is 49.9 Å². The van der Waals surface area contributed by atoms with Crippen LogP contribution in [0, 0.1) is 0 Å². The maximum absolute atomic E-state index is 12.5. The van der Waals surface area contributed by atoms with Crippen molar-refractivity contribution in [3.05, 3.63) is 0 Å². The molecule has 0 aromatic rings. The maximum atomic E-state index is 12.5. The Morgan fingerprint density at radius 2 is 2.11 bits per heavy atom. The molecule has 2 fully saturated rings. The average Bonchev–Trinajstić information content (AvgIpc) is 2.52. The van der Waals surface area contributed by atoms with E-state index in [-0.39, 0.29) is 24.0 Å². The van der Waals surface area contributed by atoms with Crippen molar-refractivity contribution in [1.29, 1.82) is 0 Å². The van der Waals surface area contributed by atoms with E-state index in [1.165, 1.54) is 0 Å². The molecule has 19 heavy (non-hydrogen) atoms. The summed E-state index contributed by atoms with van der Waals surface area (Å²) in [5, 5.41) is 0. The lowest BCUT2D eigenvalue weighted by molar-refractivity contribution is -0.143. The Morgan fingerprint density at radius 1 is 1.32 bits per heavy atom. The van der Waals surface area contributed by atoms with E-state index in [0.717, 1.165) is 25.8 Å². The first-order chi connectivity index (χ1) is 9.13. The summed E-state index contributed by atoms with van der Waals surface area (Å²) in [6.45, 7) is 6.43. The quantitative estimate of drug-likeness (QED) is 0.765. The molecule has 0 bridgehead atoms. The second-order valence-electron chi connectivity index (χ2n) is 5.40. The highest BCUT2D eigenvalue weighted by atomic mass is 16.5. The minimum absolute atomic E-state index is 0.0270. The molecule has 108 valence electrons. The minimum atomic E-state index is -0.224. The molecule has 0 aliphatic carbocycles. The molecule has 2 aliphatic rings. The number of ether oxygens (including phenoxy) is 1. The summed E-state index contributed by atoms with van der Waals surface area (Å²) in [5.41, 5.74) is 0. The molecule has 0 N–H and O–H groups in total. The Kier molecular flexibility index (Phi) is 4.80. The summed E-state index contributed by atoms with van der Waals surface area (Å²) in [6, 6.07) is -0.224. The fourth-order valence-electron chi connectivity index (χ4n) is 3.01. The summed E-state index contributed by atoms with van der Waals surface area (Å²) in [5.74, 6) is 0.238. The van der Waals surface area contributed by atoms with Gasteiger partial charge in [0.1, 0.15) is 6.04 Å². The van der Waals surface area contributed by atoms with Crippen LogP contribution >= 0.6 is 0 Å². The van der Waals surface area contributed by atoms with Gasteiger partial charge in [-0.05, 0) is 33.1 Å². The van der Waals surface area contributed by atoms with Crippen LogP contribution in [0.15, 0.2) is 0 Å². The summed E-state index contributed by atoms with van der Waals surface area (Å²) in [7, 11) is 0. The lowest BCUT2D eigenvalue weighted by Gasteiger charge is -2.34. The van der Waals surface area contributed by atoms with Crippen molar-refractivity contribution in [3.63, 3.8) is 0 Å². The third kappa shape index (κ3) is 3.26. The second kappa shape index (κ2) is 6.37. The zero-order chi connectivity index (χ0) is 13.8. The number of fused-ring (bicyclic) bond motifs is 1. The van der Waals surface area contributed by atoms with Gasteiger partial charge in [0.25, 0.3) is 0 Å². The van der Waals surface area contributed by atoms with Gasteiger partial charge >= 0.3 is 0 Å². The fraction of sp³-hybridized carbons (Fsp3) is 0.857. The van der Waals surface area contributed by atoms with Gasteiger partial charge in [-0.25, -0.2) is 0 Å². The monoisotopic (exact) mass is 268 g/mol. The van der Waals surface area contributed by atoms with Crippen LogP contribution in [0.2, 0.25) is 0 Å². The van der Waals surface area contributed by atoms with Gasteiger partial charge in [0.05, 0.1) is 6.10 Å². The average molecular weight is 268 g/mol. The molecule has 2 aliphatic heterocycles. The van der Waals surface area contributed by atoms with Gasteiger partial charge in [0.2, 0.25) is 11.8 Å². The number of carbonyl (C=O) groups excluding carboxylic acids is 2.